The smallest absolute Gasteiger partial charge is 0.149 e. The zero-order chi connectivity index (χ0) is 19.7. The van der Waals surface area contributed by atoms with E-state index in [0.29, 0.717) is 17.9 Å². The third-order valence-corrected chi connectivity index (χ3v) is 4.94. The summed E-state index contributed by atoms with van der Waals surface area (Å²) in [5, 5.41) is 14.4. The first-order chi connectivity index (χ1) is 13.5. The molecule has 2 heterocycles. The minimum Gasteiger partial charge on any atom is -0.337 e. The molecule has 0 aliphatic carbocycles. The first-order valence-corrected chi connectivity index (χ1v) is 9.21. The van der Waals surface area contributed by atoms with Crippen LogP contribution in [0, 0.1) is 32.1 Å². The minimum atomic E-state index is 0.497. The van der Waals surface area contributed by atoms with Gasteiger partial charge in [0.2, 0.25) is 0 Å². The molecule has 2 aromatic carbocycles. The molecule has 0 atom stereocenters. The van der Waals surface area contributed by atoms with E-state index in [4.69, 9.17) is 0 Å². The highest BCUT2D eigenvalue weighted by Crippen LogP contribution is 2.23. The normalized spacial score (nSPS) is 11.7. The lowest BCUT2D eigenvalue weighted by molar-refractivity contribution is 0.659. The molecule has 0 fully saturated rings. The standard InChI is InChI=1S/C23H21N5/c1-15-8-10-18(11-9-15)14-28-17(3)20(16(2)27-28)12-19(13-24)23-25-21-6-4-5-7-22(21)26-23/h4-12H,14H2,1-3H3,(H,25,26). The van der Waals surface area contributed by atoms with Crippen molar-refractivity contribution in [1.82, 2.24) is 19.7 Å². The predicted molar refractivity (Wildman–Crippen MR) is 112 cm³/mol. The van der Waals surface area contributed by atoms with Crippen molar-refractivity contribution in [3.8, 4) is 6.07 Å². The van der Waals surface area contributed by atoms with Crippen LogP contribution in [0.2, 0.25) is 0 Å². The number of para-hydroxylation sites is 2. The highest BCUT2D eigenvalue weighted by atomic mass is 15.3. The van der Waals surface area contributed by atoms with Crippen LogP contribution in [0.3, 0.4) is 0 Å². The zero-order valence-corrected chi connectivity index (χ0v) is 16.2. The topological polar surface area (TPSA) is 70.3 Å². The van der Waals surface area contributed by atoms with Crippen LogP contribution in [0.15, 0.2) is 48.5 Å². The summed E-state index contributed by atoms with van der Waals surface area (Å²) < 4.78 is 1.99. The molecule has 5 nitrogen and oxygen atoms in total. The maximum absolute atomic E-state index is 9.71. The maximum atomic E-state index is 9.71. The molecule has 138 valence electrons. The van der Waals surface area contributed by atoms with Crippen LogP contribution in [0.4, 0.5) is 0 Å². The number of aromatic amines is 1. The molecule has 0 spiro atoms. The highest BCUT2D eigenvalue weighted by molar-refractivity contribution is 5.90. The van der Waals surface area contributed by atoms with Crippen LogP contribution < -0.4 is 0 Å². The number of imidazole rings is 1. The average Bonchev–Trinajstić information content (AvgIpc) is 3.23. The molecular formula is C23H21N5. The third-order valence-electron chi connectivity index (χ3n) is 4.94. The monoisotopic (exact) mass is 367 g/mol. The maximum Gasteiger partial charge on any atom is 0.149 e. The molecule has 0 saturated heterocycles. The van der Waals surface area contributed by atoms with E-state index < -0.39 is 0 Å². The van der Waals surface area contributed by atoms with Gasteiger partial charge in [0.05, 0.1) is 28.8 Å². The Morgan fingerprint density at radius 3 is 2.57 bits per heavy atom. The molecule has 4 aromatic rings. The van der Waals surface area contributed by atoms with Gasteiger partial charge < -0.3 is 4.98 Å². The molecule has 0 unspecified atom stereocenters. The van der Waals surface area contributed by atoms with Crippen molar-refractivity contribution in [3.63, 3.8) is 0 Å². The van der Waals surface area contributed by atoms with Gasteiger partial charge in [-0.25, -0.2) is 4.98 Å². The molecule has 0 radical (unpaired) electrons. The molecule has 28 heavy (non-hydrogen) atoms. The second-order valence-corrected chi connectivity index (χ2v) is 7.00. The quantitative estimate of drug-likeness (QED) is 0.527. The number of H-pyrrole nitrogens is 1. The predicted octanol–water partition coefficient (Wildman–Crippen LogP) is 4.80. The lowest BCUT2D eigenvalue weighted by atomic mass is 10.1. The Hall–Kier alpha value is -3.65. The number of benzene rings is 2. The van der Waals surface area contributed by atoms with Crippen LogP contribution in [-0.2, 0) is 6.54 Å². The minimum absolute atomic E-state index is 0.497. The fourth-order valence-electron chi connectivity index (χ4n) is 3.32. The Morgan fingerprint density at radius 2 is 1.86 bits per heavy atom. The van der Waals surface area contributed by atoms with E-state index in [0.717, 1.165) is 28.0 Å². The number of allylic oxidation sites excluding steroid dienone is 1. The van der Waals surface area contributed by atoms with Crippen LogP contribution >= 0.6 is 0 Å². The number of fused-ring (bicyclic) bond motifs is 1. The molecule has 0 amide bonds. The molecule has 0 aliphatic rings. The number of nitrogens with one attached hydrogen (secondary N) is 1. The number of hydrogen-bond acceptors (Lipinski definition) is 3. The van der Waals surface area contributed by atoms with Gasteiger partial charge in [-0.3, -0.25) is 4.68 Å². The number of aryl methyl sites for hydroxylation is 2. The van der Waals surface area contributed by atoms with Crippen LogP contribution in [-0.4, -0.2) is 19.7 Å². The first-order valence-electron chi connectivity index (χ1n) is 9.21. The van der Waals surface area contributed by atoms with E-state index in [1.54, 1.807) is 0 Å². The van der Waals surface area contributed by atoms with Gasteiger partial charge in [0, 0.05) is 11.3 Å². The van der Waals surface area contributed by atoms with E-state index in [1.165, 1.54) is 11.1 Å². The Kier molecular flexibility index (Phi) is 4.54. The largest absolute Gasteiger partial charge is 0.337 e. The van der Waals surface area contributed by atoms with E-state index in [-0.39, 0.29) is 0 Å². The average molecular weight is 367 g/mol. The summed E-state index contributed by atoms with van der Waals surface area (Å²) in [6, 6.07) is 18.5. The molecule has 0 bridgehead atoms. The van der Waals surface area contributed by atoms with Crippen LogP contribution in [0.5, 0.6) is 0 Å². The van der Waals surface area contributed by atoms with E-state index in [9.17, 15) is 5.26 Å². The van der Waals surface area contributed by atoms with E-state index in [2.05, 4.69) is 52.3 Å². The van der Waals surface area contributed by atoms with Crippen molar-refractivity contribution in [2.45, 2.75) is 27.3 Å². The van der Waals surface area contributed by atoms with E-state index >= 15 is 0 Å². The highest BCUT2D eigenvalue weighted by Gasteiger charge is 2.14. The summed E-state index contributed by atoms with van der Waals surface area (Å²) in [5.74, 6) is 0.578. The van der Waals surface area contributed by atoms with Gasteiger partial charge in [-0.15, -0.1) is 0 Å². The van der Waals surface area contributed by atoms with Gasteiger partial charge in [0.15, 0.2) is 0 Å². The fourth-order valence-corrected chi connectivity index (χ4v) is 3.32. The molecule has 0 saturated carbocycles. The molecule has 5 heteroatoms. The Bertz CT molecular complexity index is 1180. The van der Waals surface area contributed by atoms with Crippen molar-refractivity contribution in [2.24, 2.45) is 0 Å². The molecule has 1 N–H and O–H groups in total. The van der Waals surface area contributed by atoms with Crippen molar-refractivity contribution in [1.29, 1.82) is 5.26 Å². The van der Waals surface area contributed by atoms with Crippen molar-refractivity contribution >= 4 is 22.7 Å². The fraction of sp³-hybridized carbons (Fsp3) is 0.174. The van der Waals surface area contributed by atoms with Gasteiger partial charge in [0.25, 0.3) is 0 Å². The number of hydrogen-bond donors (Lipinski definition) is 1. The lowest BCUT2D eigenvalue weighted by Gasteiger charge is -2.05. The number of aromatic nitrogens is 4. The lowest BCUT2D eigenvalue weighted by Crippen LogP contribution is -2.04. The summed E-state index contributed by atoms with van der Waals surface area (Å²) in [7, 11) is 0. The number of rotatable bonds is 4. The summed E-state index contributed by atoms with van der Waals surface area (Å²) in [6.07, 6.45) is 1.88. The molecule has 2 aromatic heterocycles. The molecular weight excluding hydrogens is 346 g/mol. The zero-order valence-electron chi connectivity index (χ0n) is 16.2. The van der Waals surface area contributed by atoms with Crippen LogP contribution in [0.25, 0.3) is 22.7 Å². The van der Waals surface area contributed by atoms with Gasteiger partial charge >= 0.3 is 0 Å². The molecule has 4 rings (SSSR count). The second-order valence-electron chi connectivity index (χ2n) is 7.00. The van der Waals surface area contributed by atoms with Gasteiger partial charge in [-0.05, 0) is 44.5 Å². The van der Waals surface area contributed by atoms with Crippen molar-refractivity contribution in [2.75, 3.05) is 0 Å². The summed E-state index contributed by atoms with van der Waals surface area (Å²) in [5.41, 5.74) is 7.59. The van der Waals surface area contributed by atoms with Gasteiger partial charge in [0.1, 0.15) is 11.9 Å². The summed E-state index contributed by atoms with van der Waals surface area (Å²) in [6.45, 7) is 6.79. The SMILES string of the molecule is Cc1ccc(Cn2nc(C)c(C=C(C#N)c3nc4ccccc4[nH]3)c2C)cc1. The van der Waals surface area contributed by atoms with Gasteiger partial charge in [-0.1, -0.05) is 42.0 Å². The Balaban J connectivity index is 1.70. The Morgan fingerprint density at radius 1 is 1.11 bits per heavy atom. The summed E-state index contributed by atoms with van der Waals surface area (Å²) >= 11 is 0. The number of nitriles is 1. The summed E-state index contributed by atoms with van der Waals surface area (Å²) in [4.78, 5) is 7.78. The number of nitrogens with zero attached hydrogens (tertiary/aromatic N) is 4. The first kappa shape index (κ1) is 17.7. The van der Waals surface area contributed by atoms with Crippen molar-refractivity contribution < 1.29 is 0 Å². The van der Waals surface area contributed by atoms with Gasteiger partial charge in [-0.2, -0.15) is 10.4 Å². The molecule has 0 aliphatic heterocycles. The van der Waals surface area contributed by atoms with E-state index in [1.807, 2.05) is 48.9 Å². The van der Waals surface area contributed by atoms with Crippen LogP contribution in [0.1, 0.15) is 33.9 Å². The van der Waals surface area contributed by atoms with Crippen molar-refractivity contribution in [3.05, 3.63) is 82.4 Å². The second kappa shape index (κ2) is 7.16. The Labute approximate surface area is 164 Å². The third kappa shape index (κ3) is 3.33.